The first-order valence-electron chi connectivity index (χ1n) is 3.58. The summed E-state index contributed by atoms with van der Waals surface area (Å²) < 4.78 is 0.836. The van der Waals surface area contributed by atoms with Gasteiger partial charge in [0, 0.05) is 3.92 Å². The summed E-state index contributed by atoms with van der Waals surface area (Å²) in [5.74, 6) is 0.835. The van der Waals surface area contributed by atoms with Crippen LogP contribution in [-0.2, 0) is 0 Å². The van der Waals surface area contributed by atoms with Gasteiger partial charge in [0.25, 0.3) is 0 Å². The number of rotatable bonds is 1. The molecule has 1 rings (SSSR count). The minimum Gasteiger partial charge on any atom is -0.0814 e. The zero-order valence-electron chi connectivity index (χ0n) is 6.02. The van der Waals surface area contributed by atoms with E-state index < -0.39 is 0 Å². The highest BCUT2D eigenvalue weighted by molar-refractivity contribution is 14.1. The molecule has 52 valence electrons. The maximum Gasteiger partial charge on any atom is 0.0324 e. The maximum absolute atomic E-state index is 2.54. The summed E-state index contributed by atoms with van der Waals surface area (Å²) in [7, 11) is 0. The fourth-order valence-corrected chi connectivity index (χ4v) is 2.81. The summed E-state index contributed by atoms with van der Waals surface area (Å²) >= 11 is 2.54. The van der Waals surface area contributed by atoms with E-state index in [1.165, 1.54) is 12.8 Å². The predicted molar refractivity (Wildman–Crippen MR) is 50.0 cm³/mol. The first kappa shape index (κ1) is 7.58. The number of hydrogen-bond donors (Lipinski definition) is 0. The van der Waals surface area contributed by atoms with E-state index in [1.807, 2.05) is 0 Å². The number of alkyl halides is 1. The molecule has 0 saturated heterocycles. The molecule has 0 aliphatic heterocycles. The largest absolute Gasteiger partial charge is 0.0814 e. The van der Waals surface area contributed by atoms with Crippen molar-refractivity contribution in [3.8, 4) is 0 Å². The molecule has 9 heavy (non-hydrogen) atoms. The zero-order valence-corrected chi connectivity index (χ0v) is 8.18. The molecule has 0 aromatic carbocycles. The second-order valence-corrected chi connectivity index (χ2v) is 4.28. The Kier molecular flexibility index (Phi) is 2.56. The van der Waals surface area contributed by atoms with Gasteiger partial charge in [-0.3, -0.25) is 0 Å². The van der Waals surface area contributed by atoms with E-state index in [1.54, 1.807) is 5.57 Å². The van der Waals surface area contributed by atoms with Crippen molar-refractivity contribution in [3.63, 3.8) is 0 Å². The summed E-state index contributed by atoms with van der Waals surface area (Å²) in [4.78, 5) is 0. The lowest BCUT2D eigenvalue weighted by atomic mass is 10.2. The van der Waals surface area contributed by atoms with Crippen LogP contribution in [0.2, 0.25) is 0 Å². The topological polar surface area (TPSA) is 0 Å². The molecule has 0 saturated carbocycles. The van der Waals surface area contributed by atoms with Gasteiger partial charge >= 0.3 is 0 Å². The summed E-state index contributed by atoms with van der Waals surface area (Å²) in [6, 6.07) is 0. The smallest absolute Gasteiger partial charge is 0.0324 e. The van der Waals surface area contributed by atoms with Gasteiger partial charge in [-0.05, 0) is 18.8 Å². The van der Waals surface area contributed by atoms with E-state index >= 15 is 0 Å². The normalized spacial score (nSPS) is 34.8. The van der Waals surface area contributed by atoms with Gasteiger partial charge in [0.1, 0.15) is 0 Å². The lowest BCUT2D eigenvalue weighted by Crippen LogP contribution is -1.94. The Morgan fingerprint density at radius 1 is 1.78 bits per heavy atom. The van der Waals surface area contributed by atoms with Crippen molar-refractivity contribution in [2.45, 2.75) is 30.6 Å². The van der Waals surface area contributed by atoms with Gasteiger partial charge in [0.2, 0.25) is 0 Å². The molecule has 0 aromatic heterocycles. The van der Waals surface area contributed by atoms with Crippen LogP contribution in [0, 0.1) is 5.92 Å². The highest BCUT2D eigenvalue weighted by atomic mass is 127. The van der Waals surface area contributed by atoms with Gasteiger partial charge in [-0.25, -0.2) is 0 Å². The van der Waals surface area contributed by atoms with Gasteiger partial charge in [-0.15, -0.1) is 0 Å². The molecule has 1 aliphatic carbocycles. The van der Waals surface area contributed by atoms with Gasteiger partial charge in [0.15, 0.2) is 0 Å². The average Bonchev–Trinajstić information content (AvgIpc) is 2.10. The summed E-state index contributed by atoms with van der Waals surface area (Å²) in [6.07, 6.45) is 5.04. The van der Waals surface area contributed by atoms with Crippen LogP contribution in [-0.4, -0.2) is 3.92 Å². The van der Waals surface area contributed by atoms with E-state index in [2.05, 4.69) is 42.5 Å². The Morgan fingerprint density at radius 3 is 2.67 bits per heavy atom. The van der Waals surface area contributed by atoms with E-state index in [4.69, 9.17) is 0 Å². The summed E-state index contributed by atoms with van der Waals surface area (Å²) in [5.41, 5.74) is 1.66. The molecular formula is C8H13I. The zero-order chi connectivity index (χ0) is 6.85. The third kappa shape index (κ3) is 1.69. The van der Waals surface area contributed by atoms with Crippen molar-refractivity contribution in [3.05, 3.63) is 11.6 Å². The SMILES string of the molecule is CCC1=CC(C)CC1I. The van der Waals surface area contributed by atoms with Crippen molar-refractivity contribution in [1.29, 1.82) is 0 Å². The Morgan fingerprint density at radius 2 is 2.44 bits per heavy atom. The molecule has 0 nitrogen and oxygen atoms in total. The standard InChI is InChI=1S/C8H13I/c1-3-7-4-6(2)5-8(7)9/h4,6,8H,3,5H2,1-2H3. The molecular weight excluding hydrogens is 223 g/mol. The third-order valence-electron chi connectivity index (χ3n) is 1.89. The van der Waals surface area contributed by atoms with Crippen LogP contribution in [0.25, 0.3) is 0 Å². The van der Waals surface area contributed by atoms with Crippen molar-refractivity contribution >= 4 is 22.6 Å². The predicted octanol–water partition coefficient (Wildman–Crippen LogP) is 3.17. The highest BCUT2D eigenvalue weighted by Gasteiger charge is 2.18. The summed E-state index contributed by atoms with van der Waals surface area (Å²) in [6.45, 7) is 4.55. The minimum atomic E-state index is 0.835. The molecule has 1 heteroatoms. The van der Waals surface area contributed by atoms with Crippen LogP contribution in [0.15, 0.2) is 11.6 Å². The second-order valence-electron chi connectivity index (χ2n) is 2.78. The molecule has 2 unspecified atom stereocenters. The quantitative estimate of drug-likeness (QED) is 0.372. The fraction of sp³-hybridized carbons (Fsp3) is 0.750. The molecule has 1 aliphatic rings. The van der Waals surface area contributed by atoms with E-state index in [9.17, 15) is 0 Å². The molecule has 0 spiro atoms. The van der Waals surface area contributed by atoms with Crippen LogP contribution in [0.1, 0.15) is 26.7 Å². The van der Waals surface area contributed by atoms with Gasteiger partial charge < -0.3 is 0 Å². The fourth-order valence-electron chi connectivity index (χ4n) is 1.36. The highest BCUT2D eigenvalue weighted by Crippen LogP contribution is 2.31. The molecule has 0 amide bonds. The third-order valence-corrected chi connectivity index (χ3v) is 3.20. The second kappa shape index (κ2) is 3.04. The van der Waals surface area contributed by atoms with Crippen LogP contribution in [0.5, 0.6) is 0 Å². The van der Waals surface area contributed by atoms with Crippen molar-refractivity contribution in [2.24, 2.45) is 5.92 Å². The number of allylic oxidation sites excluding steroid dienone is 2. The van der Waals surface area contributed by atoms with Crippen molar-refractivity contribution < 1.29 is 0 Å². The Balaban J connectivity index is 2.57. The molecule has 0 N–H and O–H groups in total. The van der Waals surface area contributed by atoms with E-state index in [0.29, 0.717) is 0 Å². The average molecular weight is 236 g/mol. The lowest BCUT2D eigenvalue weighted by Gasteiger charge is -2.02. The Hall–Kier alpha value is 0.470. The minimum absolute atomic E-state index is 0.835. The lowest BCUT2D eigenvalue weighted by molar-refractivity contribution is 0.713. The first-order valence-corrected chi connectivity index (χ1v) is 4.83. The van der Waals surface area contributed by atoms with Crippen LogP contribution >= 0.6 is 22.6 Å². The molecule has 0 aromatic rings. The van der Waals surface area contributed by atoms with Crippen molar-refractivity contribution in [2.75, 3.05) is 0 Å². The van der Waals surface area contributed by atoms with Gasteiger partial charge in [-0.2, -0.15) is 0 Å². The monoisotopic (exact) mass is 236 g/mol. The number of hydrogen-bond acceptors (Lipinski definition) is 0. The van der Waals surface area contributed by atoms with E-state index in [0.717, 1.165) is 9.84 Å². The molecule has 0 bridgehead atoms. The van der Waals surface area contributed by atoms with Gasteiger partial charge in [-0.1, -0.05) is 48.1 Å². The van der Waals surface area contributed by atoms with Crippen LogP contribution in [0.3, 0.4) is 0 Å². The van der Waals surface area contributed by atoms with Gasteiger partial charge in [0.05, 0.1) is 0 Å². The van der Waals surface area contributed by atoms with Crippen LogP contribution < -0.4 is 0 Å². The van der Waals surface area contributed by atoms with E-state index in [-0.39, 0.29) is 0 Å². The van der Waals surface area contributed by atoms with Crippen molar-refractivity contribution in [1.82, 2.24) is 0 Å². The first-order chi connectivity index (χ1) is 4.24. The molecule has 0 radical (unpaired) electrons. The maximum atomic E-state index is 2.54. The molecule has 0 fully saturated rings. The molecule has 0 heterocycles. The van der Waals surface area contributed by atoms with Crippen LogP contribution in [0.4, 0.5) is 0 Å². The summed E-state index contributed by atoms with van der Waals surface area (Å²) in [5, 5.41) is 0. The molecule has 2 atom stereocenters. The number of halogens is 1. The Labute approximate surface area is 70.9 Å². The Bertz CT molecular complexity index is 127.